The highest BCUT2D eigenvalue weighted by Crippen LogP contribution is 2.31. The van der Waals surface area contributed by atoms with Crippen LogP contribution in [0, 0.1) is 0 Å². The van der Waals surface area contributed by atoms with Gasteiger partial charge in [-0.15, -0.1) is 0 Å². The number of aliphatic hydroxyl groups excluding tert-OH is 2. The molecule has 4 atom stereocenters. The Kier molecular flexibility index (Phi) is 4.28. The molecule has 0 bridgehead atoms. The van der Waals surface area contributed by atoms with Crippen LogP contribution in [0.5, 0.6) is 0 Å². The van der Waals surface area contributed by atoms with Crippen molar-refractivity contribution in [3.05, 3.63) is 22.2 Å². The number of aromatic nitrogens is 2. The summed E-state index contributed by atoms with van der Waals surface area (Å²) >= 11 is 0. The third kappa shape index (κ3) is 2.38. The predicted molar refractivity (Wildman–Crippen MR) is 60.6 cm³/mol. The Labute approximate surface area is 111 Å². The molecule has 0 spiro atoms. The Morgan fingerprint density at radius 3 is 2.75 bits per heavy atom. The first kappa shape index (κ1) is 14.8. The Bertz CT molecular complexity index is 540. The summed E-state index contributed by atoms with van der Waals surface area (Å²) in [5.41, 5.74) is 0.364. The van der Waals surface area contributed by atoms with Crippen LogP contribution < -0.4 is 11.2 Å². The molecule has 0 amide bonds. The van der Waals surface area contributed by atoms with Gasteiger partial charge in [0.25, 0.3) is 0 Å². The predicted octanol–water partition coefficient (Wildman–Crippen LogP) is -0.897. The van der Waals surface area contributed by atoms with Crippen molar-refractivity contribution in [1.82, 2.24) is 9.55 Å². The van der Waals surface area contributed by atoms with Crippen molar-refractivity contribution in [2.24, 2.45) is 0 Å². The zero-order valence-electron chi connectivity index (χ0n) is 10.1. The van der Waals surface area contributed by atoms with Crippen molar-refractivity contribution < 1.29 is 28.9 Å². The lowest BCUT2D eigenvalue weighted by Gasteiger charge is -2.17. The summed E-state index contributed by atoms with van der Waals surface area (Å²) in [6.07, 6.45) is -5.38. The number of rotatable bonds is 4. The van der Waals surface area contributed by atoms with Gasteiger partial charge >= 0.3 is 5.69 Å². The smallest absolute Gasteiger partial charge is 0.351 e. The van der Waals surface area contributed by atoms with Crippen LogP contribution in [0.4, 0.5) is 14.6 Å². The van der Waals surface area contributed by atoms with Crippen molar-refractivity contribution in [2.45, 2.75) is 31.3 Å². The standard InChI is InChI=1S/C10H13F2N3O5/c11-1-4-2-15(10(18)13-8(4)14-19)9-6(12)7(17)5(3-16)20-9/h2,5-7,9,16-17,19H,1,3H2,(H,13,14,18). The highest BCUT2D eigenvalue weighted by molar-refractivity contribution is 5.39. The van der Waals surface area contributed by atoms with E-state index in [0.29, 0.717) is 4.57 Å². The SMILES string of the molecule is O=c1nc(NO)c(CF)cn1C1OC(CO)C(O)C1F. The van der Waals surface area contributed by atoms with Gasteiger partial charge in [0.15, 0.2) is 18.2 Å². The molecule has 1 aliphatic rings. The van der Waals surface area contributed by atoms with E-state index >= 15 is 0 Å². The second-order valence-electron chi connectivity index (χ2n) is 4.23. The maximum atomic E-state index is 13.9. The normalized spacial score (nSPS) is 29.6. The van der Waals surface area contributed by atoms with Crippen molar-refractivity contribution >= 4 is 5.82 Å². The number of hydrogen-bond donors (Lipinski definition) is 4. The van der Waals surface area contributed by atoms with Crippen molar-refractivity contribution in [2.75, 3.05) is 12.1 Å². The minimum atomic E-state index is -1.98. The molecule has 4 unspecified atom stereocenters. The van der Waals surface area contributed by atoms with Crippen LogP contribution in [0.15, 0.2) is 11.0 Å². The largest absolute Gasteiger partial charge is 0.394 e. The van der Waals surface area contributed by atoms with Gasteiger partial charge in [0.1, 0.15) is 18.9 Å². The molecule has 8 nitrogen and oxygen atoms in total. The molecule has 1 fully saturated rings. The van der Waals surface area contributed by atoms with E-state index in [2.05, 4.69) is 4.98 Å². The summed E-state index contributed by atoms with van der Waals surface area (Å²) in [5.74, 6) is -0.388. The number of nitrogens with zero attached hydrogens (tertiary/aromatic N) is 2. The third-order valence-electron chi connectivity index (χ3n) is 3.03. The molecular formula is C10H13F2N3O5. The highest BCUT2D eigenvalue weighted by atomic mass is 19.1. The molecule has 0 radical (unpaired) electrons. The zero-order chi connectivity index (χ0) is 14.9. The van der Waals surface area contributed by atoms with E-state index in [1.807, 2.05) is 0 Å². The van der Waals surface area contributed by atoms with Gasteiger partial charge in [-0.2, -0.15) is 4.98 Å². The van der Waals surface area contributed by atoms with E-state index in [1.54, 1.807) is 5.48 Å². The van der Waals surface area contributed by atoms with E-state index in [9.17, 15) is 18.7 Å². The number of halogens is 2. The summed E-state index contributed by atoms with van der Waals surface area (Å²) in [6.45, 7) is -1.70. The first-order valence-electron chi connectivity index (χ1n) is 5.70. The number of nitrogens with one attached hydrogen (secondary N) is 1. The van der Waals surface area contributed by atoms with Gasteiger partial charge in [-0.1, -0.05) is 0 Å². The highest BCUT2D eigenvalue weighted by Gasteiger charge is 2.45. The summed E-state index contributed by atoms with van der Waals surface area (Å²) < 4.78 is 32.3. The van der Waals surface area contributed by atoms with E-state index in [4.69, 9.17) is 15.1 Å². The third-order valence-corrected chi connectivity index (χ3v) is 3.03. The fourth-order valence-corrected chi connectivity index (χ4v) is 1.96. The van der Waals surface area contributed by atoms with Gasteiger partial charge in [-0.3, -0.25) is 15.3 Å². The van der Waals surface area contributed by atoms with Gasteiger partial charge in [0, 0.05) is 11.8 Å². The molecule has 1 aromatic rings. The molecule has 1 aliphatic heterocycles. The number of aliphatic hydroxyl groups is 2. The van der Waals surface area contributed by atoms with Crippen LogP contribution in [-0.2, 0) is 11.4 Å². The monoisotopic (exact) mass is 293 g/mol. The Balaban J connectivity index is 2.41. The van der Waals surface area contributed by atoms with Crippen LogP contribution in [0.2, 0.25) is 0 Å². The quantitative estimate of drug-likeness (QED) is 0.532. The number of hydrogen-bond acceptors (Lipinski definition) is 7. The van der Waals surface area contributed by atoms with E-state index in [0.717, 1.165) is 6.20 Å². The van der Waals surface area contributed by atoms with Crippen LogP contribution in [0.3, 0.4) is 0 Å². The topological polar surface area (TPSA) is 117 Å². The van der Waals surface area contributed by atoms with Gasteiger partial charge in [-0.25, -0.2) is 13.6 Å². The molecule has 112 valence electrons. The lowest BCUT2D eigenvalue weighted by atomic mass is 10.1. The summed E-state index contributed by atoms with van der Waals surface area (Å²) in [5, 5.41) is 27.1. The molecule has 2 rings (SSSR count). The molecule has 20 heavy (non-hydrogen) atoms. The first-order valence-corrected chi connectivity index (χ1v) is 5.70. The Hall–Kier alpha value is -1.62. The van der Waals surface area contributed by atoms with E-state index in [1.165, 1.54) is 0 Å². The van der Waals surface area contributed by atoms with E-state index in [-0.39, 0.29) is 11.4 Å². The molecule has 1 aromatic heterocycles. The van der Waals surface area contributed by atoms with Gasteiger partial charge in [0.2, 0.25) is 0 Å². The van der Waals surface area contributed by atoms with Gasteiger partial charge in [0.05, 0.1) is 6.61 Å². The second-order valence-corrected chi connectivity index (χ2v) is 4.23. The molecule has 10 heteroatoms. The molecule has 4 N–H and O–H groups in total. The minimum Gasteiger partial charge on any atom is -0.394 e. The van der Waals surface area contributed by atoms with Gasteiger partial charge < -0.3 is 14.9 Å². The summed E-state index contributed by atoms with van der Waals surface area (Å²) in [6, 6.07) is 0. The van der Waals surface area contributed by atoms with Crippen LogP contribution in [0.25, 0.3) is 0 Å². The molecule has 2 heterocycles. The zero-order valence-corrected chi connectivity index (χ0v) is 10.1. The lowest BCUT2D eigenvalue weighted by molar-refractivity contribution is -0.0492. The minimum absolute atomic E-state index is 0.190. The van der Waals surface area contributed by atoms with Crippen LogP contribution in [0.1, 0.15) is 11.8 Å². The molecule has 1 saturated heterocycles. The van der Waals surface area contributed by atoms with Crippen LogP contribution in [-0.4, -0.2) is 50.0 Å². The lowest BCUT2D eigenvalue weighted by Crippen LogP contribution is -2.34. The van der Waals surface area contributed by atoms with Crippen molar-refractivity contribution in [1.29, 1.82) is 0 Å². The van der Waals surface area contributed by atoms with Gasteiger partial charge in [-0.05, 0) is 0 Å². The summed E-state index contributed by atoms with van der Waals surface area (Å²) in [4.78, 5) is 15.0. The molecular weight excluding hydrogens is 280 g/mol. The number of ether oxygens (including phenoxy) is 1. The van der Waals surface area contributed by atoms with Crippen molar-refractivity contribution in [3.8, 4) is 0 Å². The van der Waals surface area contributed by atoms with Crippen LogP contribution >= 0.6 is 0 Å². The Morgan fingerprint density at radius 2 is 2.25 bits per heavy atom. The number of anilines is 1. The fraction of sp³-hybridized carbons (Fsp3) is 0.600. The second kappa shape index (κ2) is 5.79. The fourth-order valence-electron chi connectivity index (χ4n) is 1.96. The molecule has 0 saturated carbocycles. The Morgan fingerprint density at radius 1 is 1.55 bits per heavy atom. The number of alkyl halides is 2. The maximum Gasteiger partial charge on any atom is 0.351 e. The maximum absolute atomic E-state index is 13.9. The average Bonchev–Trinajstić information content (AvgIpc) is 2.74. The average molecular weight is 293 g/mol. The molecule has 0 aromatic carbocycles. The van der Waals surface area contributed by atoms with E-state index < -0.39 is 43.6 Å². The first-order chi connectivity index (χ1) is 9.53. The summed E-state index contributed by atoms with van der Waals surface area (Å²) in [7, 11) is 0. The molecule has 0 aliphatic carbocycles. The van der Waals surface area contributed by atoms with Crippen molar-refractivity contribution in [3.63, 3.8) is 0 Å².